The van der Waals surface area contributed by atoms with Crippen LogP contribution in [0, 0.1) is 6.92 Å². The molecule has 2 aromatic rings. The number of urea groups is 1. The molecular formula is C20H28N4O2. The molecule has 0 saturated heterocycles. The molecule has 140 valence electrons. The number of aromatic nitrogens is 2. The van der Waals surface area contributed by atoms with Gasteiger partial charge in [-0.05, 0) is 25.3 Å². The van der Waals surface area contributed by atoms with Crippen LogP contribution in [0.1, 0.15) is 49.5 Å². The Bertz CT molecular complexity index is 723. The molecule has 0 radical (unpaired) electrons. The van der Waals surface area contributed by atoms with E-state index in [4.69, 9.17) is 0 Å². The maximum Gasteiger partial charge on any atom is 0.322 e. The molecule has 1 aliphatic rings. The molecular weight excluding hydrogens is 328 g/mol. The summed E-state index contributed by atoms with van der Waals surface area (Å²) in [5.41, 5.74) is 2.33. The summed E-state index contributed by atoms with van der Waals surface area (Å²) < 4.78 is 1.69. The van der Waals surface area contributed by atoms with Gasteiger partial charge < -0.3 is 15.3 Å². The Balaban J connectivity index is 1.76. The van der Waals surface area contributed by atoms with E-state index >= 15 is 0 Å². The summed E-state index contributed by atoms with van der Waals surface area (Å²) in [4.78, 5) is 14.8. The van der Waals surface area contributed by atoms with Gasteiger partial charge in [0.05, 0.1) is 24.0 Å². The van der Waals surface area contributed by atoms with E-state index in [1.165, 1.54) is 6.42 Å². The van der Waals surface area contributed by atoms with Crippen molar-refractivity contribution in [3.63, 3.8) is 0 Å². The summed E-state index contributed by atoms with van der Waals surface area (Å²) >= 11 is 0. The highest BCUT2D eigenvalue weighted by atomic mass is 16.3. The zero-order valence-electron chi connectivity index (χ0n) is 15.6. The van der Waals surface area contributed by atoms with E-state index in [1.54, 1.807) is 10.9 Å². The number of benzene rings is 1. The first-order valence-corrected chi connectivity index (χ1v) is 9.35. The monoisotopic (exact) mass is 356 g/mol. The fraction of sp³-hybridized carbons (Fsp3) is 0.500. The Kier molecular flexibility index (Phi) is 5.93. The minimum atomic E-state index is -0.695. The molecule has 1 unspecified atom stereocenters. The van der Waals surface area contributed by atoms with Crippen LogP contribution in [0.3, 0.4) is 0 Å². The number of aryl methyl sites for hydroxylation is 2. The molecule has 1 saturated carbocycles. The standard InChI is InChI=1S/C20H28N4O2/c1-15-18(13-23(2)22-15)21-20(26)24(17-11-7-4-8-12-17)14-19(25)16-9-5-3-6-10-16/h3,5-6,9-10,13,17,19,25H,4,7-8,11-12,14H2,1-2H3,(H,21,26). The van der Waals surface area contributed by atoms with Crippen molar-refractivity contribution >= 4 is 11.7 Å². The molecule has 2 amide bonds. The van der Waals surface area contributed by atoms with Crippen LogP contribution in [0.15, 0.2) is 36.5 Å². The molecule has 0 aliphatic heterocycles. The van der Waals surface area contributed by atoms with Crippen molar-refractivity contribution in [3.8, 4) is 0 Å². The van der Waals surface area contributed by atoms with E-state index in [1.807, 2.05) is 49.2 Å². The van der Waals surface area contributed by atoms with E-state index < -0.39 is 6.10 Å². The predicted molar refractivity (Wildman–Crippen MR) is 102 cm³/mol. The molecule has 1 aromatic carbocycles. The normalized spacial score (nSPS) is 16.3. The number of carbonyl (C=O) groups excluding carboxylic acids is 1. The van der Waals surface area contributed by atoms with Crippen LogP contribution in [-0.4, -0.2) is 38.4 Å². The number of hydrogen-bond donors (Lipinski definition) is 2. The summed E-state index contributed by atoms with van der Waals surface area (Å²) in [5.74, 6) is 0. The Morgan fingerprint density at radius 3 is 2.62 bits per heavy atom. The highest BCUT2D eigenvalue weighted by Crippen LogP contribution is 2.26. The van der Waals surface area contributed by atoms with Gasteiger partial charge in [-0.3, -0.25) is 4.68 Å². The van der Waals surface area contributed by atoms with Crippen molar-refractivity contribution in [2.75, 3.05) is 11.9 Å². The topological polar surface area (TPSA) is 70.4 Å². The third-order valence-electron chi connectivity index (χ3n) is 5.09. The Hall–Kier alpha value is -2.34. The molecule has 1 aromatic heterocycles. The second-order valence-corrected chi connectivity index (χ2v) is 7.10. The van der Waals surface area contributed by atoms with Crippen molar-refractivity contribution in [1.29, 1.82) is 0 Å². The summed E-state index contributed by atoms with van der Waals surface area (Å²) in [5, 5.41) is 17.9. The molecule has 0 spiro atoms. The number of aliphatic hydroxyl groups excluding tert-OH is 1. The number of nitrogens with one attached hydrogen (secondary N) is 1. The minimum Gasteiger partial charge on any atom is -0.387 e. The van der Waals surface area contributed by atoms with Gasteiger partial charge in [-0.15, -0.1) is 0 Å². The summed E-state index contributed by atoms with van der Waals surface area (Å²) in [6.07, 6.45) is 6.55. The second kappa shape index (κ2) is 8.36. The average molecular weight is 356 g/mol. The third kappa shape index (κ3) is 4.43. The summed E-state index contributed by atoms with van der Waals surface area (Å²) in [6.45, 7) is 2.17. The molecule has 26 heavy (non-hydrogen) atoms. The van der Waals surface area contributed by atoms with Gasteiger partial charge in [0, 0.05) is 19.3 Å². The smallest absolute Gasteiger partial charge is 0.322 e. The number of hydrogen-bond acceptors (Lipinski definition) is 3. The number of anilines is 1. The van der Waals surface area contributed by atoms with Crippen molar-refractivity contribution in [2.45, 2.75) is 51.2 Å². The zero-order valence-corrected chi connectivity index (χ0v) is 15.6. The Morgan fingerprint density at radius 2 is 2.00 bits per heavy atom. The fourth-order valence-electron chi connectivity index (χ4n) is 3.67. The lowest BCUT2D eigenvalue weighted by Gasteiger charge is -2.35. The second-order valence-electron chi connectivity index (χ2n) is 7.10. The Morgan fingerprint density at radius 1 is 1.31 bits per heavy atom. The van der Waals surface area contributed by atoms with Gasteiger partial charge in [0.2, 0.25) is 0 Å². The van der Waals surface area contributed by atoms with Crippen LogP contribution in [-0.2, 0) is 7.05 Å². The number of aliphatic hydroxyl groups is 1. The van der Waals surface area contributed by atoms with E-state index in [-0.39, 0.29) is 12.1 Å². The highest BCUT2D eigenvalue weighted by Gasteiger charge is 2.28. The van der Waals surface area contributed by atoms with Gasteiger partial charge in [0.15, 0.2) is 0 Å². The number of carbonyl (C=O) groups is 1. The van der Waals surface area contributed by atoms with Crippen LogP contribution >= 0.6 is 0 Å². The van der Waals surface area contributed by atoms with Gasteiger partial charge >= 0.3 is 6.03 Å². The van der Waals surface area contributed by atoms with E-state index in [0.29, 0.717) is 12.2 Å². The fourth-order valence-corrected chi connectivity index (χ4v) is 3.67. The summed E-state index contributed by atoms with van der Waals surface area (Å²) in [6, 6.07) is 9.53. The van der Waals surface area contributed by atoms with Crippen LogP contribution in [0.25, 0.3) is 0 Å². The van der Waals surface area contributed by atoms with Crippen LogP contribution in [0.2, 0.25) is 0 Å². The average Bonchev–Trinajstić information content (AvgIpc) is 2.97. The van der Waals surface area contributed by atoms with E-state index in [9.17, 15) is 9.90 Å². The van der Waals surface area contributed by atoms with Crippen LogP contribution in [0.5, 0.6) is 0 Å². The maximum absolute atomic E-state index is 13.0. The molecule has 1 fully saturated rings. The lowest BCUT2D eigenvalue weighted by Crippen LogP contribution is -2.46. The molecule has 3 rings (SSSR count). The first-order chi connectivity index (χ1) is 12.5. The molecule has 1 aliphatic carbocycles. The molecule has 1 heterocycles. The molecule has 0 bridgehead atoms. The lowest BCUT2D eigenvalue weighted by atomic mass is 9.94. The Labute approximate surface area is 154 Å². The van der Waals surface area contributed by atoms with Gasteiger partial charge in [0.1, 0.15) is 0 Å². The third-order valence-corrected chi connectivity index (χ3v) is 5.09. The predicted octanol–water partition coefficient (Wildman–Crippen LogP) is 3.63. The van der Waals surface area contributed by atoms with Gasteiger partial charge in [0.25, 0.3) is 0 Å². The zero-order chi connectivity index (χ0) is 18.5. The van der Waals surface area contributed by atoms with Gasteiger partial charge in [-0.1, -0.05) is 49.6 Å². The highest BCUT2D eigenvalue weighted by molar-refractivity contribution is 5.90. The van der Waals surface area contributed by atoms with Crippen molar-refractivity contribution < 1.29 is 9.90 Å². The van der Waals surface area contributed by atoms with Gasteiger partial charge in [-0.2, -0.15) is 5.10 Å². The molecule has 6 nitrogen and oxygen atoms in total. The SMILES string of the molecule is Cc1nn(C)cc1NC(=O)N(CC(O)c1ccccc1)C1CCCCC1. The minimum absolute atomic E-state index is 0.164. The quantitative estimate of drug-likeness (QED) is 0.859. The largest absolute Gasteiger partial charge is 0.387 e. The van der Waals surface area contributed by atoms with E-state index in [2.05, 4.69) is 10.4 Å². The summed E-state index contributed by atoms with van der Waals surface area (Å²) in [7, 11) is 1.83. The lowest BCUT2D eigenvalue weighted by molar-refractivity contribution is 0.0957. The van der Waals surface area contributed by atoms with Crippen molar-refractivity contribution in [1.82, 2.24) is 14.7 Å². The number of rotatable bonds is 5. The molecule has 2 N–H and O–H groups in total. The van der Waals surface area contributed by atoms with E-state index in [0.717, 1.165) is 36.9 Å². The molecule has 1 atom stereocenters. The number of nitrogens with zero attached hydrogens (tertiary/aromatic N) is 3. The van der Waals surface area contributed by atoms with Gasteiger partial charge in [-0.25, -0.2) is 4.79 Å². The molecule has 6 heteroatoms. The van der Waals surface area contributed by atoms with Crippen LogP contribution < -0.4 is 5.32 Å². The number of amides is 2. The van der Waals surface area contributed by atoms with Crippen molar-refractivity contribution in [3.05, 3.63) is 47.8 Å². The first-order valence-electron chi connectivity index (χ1n) is 9.35. The van der Waals surface area contributed by atoms with Crippen molar-refractivity contribution in [2.24, 2.45) is 7.05 Å². The maximum atomic E-state index is 13.0. The first kappa shape index (κ1) is 18.5. The van der Waals surface area contributed by atoms with Crippen LogP contribution in [0.4, 0.5) is 10.5 Å².